The SMILES string of the molecule is CC(CNC(=O)N(C)Cc1cnn(C)c1)N1CCc2ccccc2C1. The van der Waals surface area contributed by atoms with Crippen molar-refractivity contribution in [3.8, 4) is 0 Å². The van der Waals surface area contributed by atoms with Gasteiger partial charge in [-0.3, -0.25) is 9.58 Å². The van der Waals surface area contributed by atoms with Crippen molar-refractivity contribution in [2.45, 2.75) is 32.5 Å². The van der Waals surface area contributed by atoms with Gasteiger partial charge in [0.1, 0.15) is 0 Å². The highest BCUT2D eigenvalue weighted by Gasteiger charge is 2.21. The highest BCUT2D eigenvalue weighted by molar-refractivity contribution is 5.73. The lowest BCUT2D eigenvalue weighted by Gasteiger charge is -2.34. The first kappa shape index (κ1) is 17.5. The molecule has 0 saturated heterocycles. The van der Waals surface area contributed by atoms with Crippen LogP contribution in [-0.2, 0) is 26.6 Å². The molecule has 1 aliphatic heterocycles. The van der Waals surface area contributed by atoms with E-state index < -0.39 is 0 Å². The standard InChI is InChI=1S/C19H27N5O/c1-15(24-9-8-17-6-4-5-7-18(17)14-24)10-20-19(25)22(2)12-16-11-21-23(3)13-16/h4-7,11,13,15H,8-10,12,14H2,1-3H3,(H,20,25). The smallest absolute Gasteiger partial charge is 0.317 e. The highest BCUT2D eigenvalue weighted by Crippen LogP contribution is 2.19. The van der Waals surface area contributed by atoms with E-state index in [0.29, 0.717) is 19.1 Å². The van der Waals surface area contributed by atoms with E-state index in [0.717, 1.165) is 25.1 Å². The minimum atomic E-state index is -0.0480. The Morgan fingerprint density at radius 3 is 2.84 bits per heavy atom. The van der Waals surface area contributed by atoms with Crippen molar-refractivity contribution < 1.29 is 4.79 Å². The second-order valence-electron chi connectivity index (χ2n) is 6.90. The summed E-state index contributed by atoms with van der Waals surface area (Å²) in [4.78, 5) is 16.4. The number of rotatable bonds is 5. The van der Waals surface area contributed by atoms with Gasteiger partial charge in [-0.15, -0.1) is 0 Å². The summed E-state index contributed by atoms with van der Waals surface area (Å²) in [6, 6.07) is 8.89. The Kier molecular flexibility index (Phi) is 5.38. The van der Waals surface area contributed by atoms with E-state index in [1.165, 1.54) is 11.1 Å². The normalized spacial score (nSPS) is 15.5. The largest absolute Gasteiger partial charge is 0.336 e. The molecule has 2 aromatic rings. The lowest BCUT2D eigenvalue weighted by atomic mass is 9.99. The third-order valence-corrected chi connectivity index (χ3v) is 4.86. The van der Waals surface area contributed by atoms with E-state index in [2.05, 4.69) is 46.5 Å². The summed E-state index contributed by atoms with van der Waals surface area (Å²) in [5.41, 5.74) is 3.88. The van der Waals surface area contributed by atoms with Gasteiger partial charge in [-0.2, -0.15) is 5.10 Å². The van der Waals surface area contributed by atoms with E-state index in [-0.39, 0.29) is 6.03 Å². The quantitative estimate of drug-likeness (QED) is 0.905. The van der Waals surface area contributed by atoms with Crippen LogP contribution in [0.25, 0.3) is 0 Å². The van der Waals surface area contributed by atoms with Crippen molar-refractivity contribution >= 4 is 6.03 Å². The number of aromatic nitrogens is 2. The van der Waals surface area contributed by atoms with Gasteiger partial charge in [0.25, 0.3) is 0 Å². The molecule has 1 aliphatic rings. The molecular weight excluding hydrogens is 314 g/mol. The molecule has 6 heteroatoms. The summed E-state index contributed by atoms with van der Waals surface area (Å²) in [7, 11) is 3.69. The molecule has 2 heterocycles. The van der Waals surface area contributed by atoms with Crippen LogP contribution in [-0.4, -0.2) is 51.8 Å². The third kappa shape index (κ3) is 4.39. The van der Waals surface area contributed by atoms with Crippen molar-refractivity contribution in [3.05, 3.63) is 53.3 Å². The minimum absolute atomic E-state index is 0.0480. The fraction of sp³-hybridized carbons (Fsp3) is 0.474. The van der Waals surface area contributed by atoms with Crippen LogP contribution in [0.5, 0.6) is 0 Å². The van der Waals surface area contributed by atoms with Gasteiger partial charge in [-0.25, -0.2) is 4.79 Å². The molecule has 1 aromatic heterocycles. The lowest BCUT2D eigenvalue weighted by molar-refractivity contribution is 0.176. The number of benzene rings is 1. The fourth-order valence-electron chi connectivity index (χ4n) is 3.29. The molecule has 6 nitrogen and oxygen atoms in total. The monoisotopic (exact) mass is 341 g/mol. The number of nitrogens with zero attached hydrogens (tertiary/aromatic N) is 4. The van der Waals surface area contributed by atoms with E-state index in [9.17, 15) is 4.79 Å². The molecule has 1 N–H and O–H groups in total. The first-order chi connectivity index (χ1) is 12.0. The van der Waals surface area contributed by atoms with Crippen LogP contribution in [0.2, 0.25) is 0 Å². The van der Waals surface area contributed by atoms with E-state index in [1.807, 2.05) is 20.3 Å². The zero-order chi connectivity index (χ0) is 17.8. The van der Waals surface area contributed by atoms with Crippen LogP contribution >= 0.6 is 0 Å². The number of nitrogens with one attached hydrogen (secondary N) is 1. The molecule has 0 bridgehead atoms. The van der Waals surface area contributed by atoms with Crippen molar-refractivity contribution in [2.24, 2.45) is 7.05 Å². The molecule has 134 valence electrons. The van der Waals surface area contributed by atoms with E-state index in [1.54, 1.807) is 15.8 Å². The molecule has 3 rings (SSSR count). The van der Waals surface area contributed by atoms with Crippen molar-refractivity contribution in [3.63, 3.8) is 0 Å². The van der Waals surface area contributed by atoms with Crippen LogP contribution in [0.4, 0.5) is 4.79 Å². The average Bonchev–Trinajstić information content (AvgIpc) is 3.03. The minimum Gasteiger partial charge on any atom is -0.336 e. The second-order valence-corrected chi connectivity index (χ2v) is 6.90. The summed E-state index contributed by atoms with van der Waals surface area (Å²) in [5, 5.41) is 7.18. The van der Waals surface area contributed by atoms with Gasteiger partial charge in [0.15, 0.2) is 0 Å². The lowest BCUT2D eigenvalue weighted by Crippen LogP contribution is -2.46. The second kappa shape index (κ2) is 7.70. The number of hydrogen-bond donors (Lipinski definition) is 1. The Bertz CT molecular complexity index is 726. The first-order valence-electron chi connectivity index (χ1n) is 8.80. The fourth-order valence-corrected chi connectivity index (χ4v) is 3.29. The number of hydrogen-bond acceptors (Lipinski definition) is 3. The first-order valence-corrected chi connectivity index (χ1v) is 8.80. The maximum atomic E-state index is 12.3. The van der Waals surface area contributed by atoms with Gasteiger partial charge < -0.3 is 10.2 Å². The number of fused-ring (bicyclic) bond motifs is 1. The molecule has 1 atom stereocenters. The number of carbonyl (C=O) groups is 1. The Balaban J connectivity index is 1.47. The summed E-state index contributed by atoms with van der Waals surface area (Å²) in [6.07, 6.45) is 4.80. The van der Waals surface area contributed by atoms with Gasteiger partial charge in [0.05, 0.1) is 12.7 Å². The molecule has 2 amide bonds. The van der Waals surface area contributed by atoms with Crippen molar-refractivity contribution in [1.82, 2.24) is 24.9 Å². The topological polar surface area (TPSA) is 53.4 Å². The number of urea groups is 1. The Labute approximate surface area is 149 Å². The van der Waals surface area contributed by atoms with Crippen LogP contribution < -0.4 is 5.32 Å². The molecule has 0 spiro atoms. The number of aryl methyl sites for hydroxylation is 1. The predicted octanol–water partition coefficient (Wildman–Crippen LogP) is 2.01. The van der Waals surface area contributed by atoms with Gasteiger partial charge in [-0.1, -0.05) is 24.3 Å². The molecular formula is C19H27N5O. The van der Waals surface area contributed by atoms with Gasteiger partial charge in [0.2, 0.25) is 0 Å². The maximum Gasteiger partial charge on any atom is 0.317 e. The molecule has 1 aromatic carbocycles. The Morgan fingerprint density at radius 1 is 1.36 bits per heavy atom. The summed E-state index contributed by atoms with van der Waals surface area (Å²) < 4.78 is 1.75. The van der Waals surface area contributed by atoms with Crippen molar-refractivity contribution in [2.75, 3.05) is 20.1 Å². The summed E-state index contributed by atoms with van der Waals surface area (Å²) in [5.74, 6) is 0. The zero-order valence-corrected chi connectivity index (χ0v) is 15.3. The number of amides is 2. The van der Waals surface area contributed by atoms with Crippen LogP contribution in [0, 0.1) is 0 Å². The molecule has 1 unspecified atom stereocenters. The average molecular weight is 341 g/mol. The van der Waals surface area contributed by atoms with Gasteiger partial charge in [-0.05, 0) is 24.5 Å². The van der Waals surface area contributed by atoms with Crippen LogP contribution in [0.1, 0.15) is 23.6 Å². The Hall–Kier alpha value is -2.34. The maximum absolute atomic E-state index is 12.3. The number of carbonyl (C=O) groups excluding carboxylic acids is 1. The van der Waals surface area contributed by atoms with E-state index >= 15 is 0 Å². The van der Waals surface area contributed by atoms with Gasteiger partial charge >= 0.3 is 6.03 Å². The van der Waals surface area contributed by atoms with Crippen LogP contribution in [0.15, 0.2) is 36.7 Å². The molecule has 0 saturated carbocycles. The third-order valence-electron chi connectivity index (χ3n) is 4.86. The molecule has 25 heavy (non-hydrogen) atoms. The summed E-state index contributed by atoms with van der Waals surface area (Å²) in [6.45, 7) is 5.39. The molecule has 0 aliphatic carbocycles. The zero-order valence-electron chi connectivity index (χ0n) is 15.3. The van der Waals surface area contributed by atoms with Gasteiger partial charge in [0, 0.05) is 51.5 Å². The van der Waals surface area contributed by atoms with Crippen molar-refractivity contribution in [1.29, 1.82) is 0 Å². The highest BCUT2D eigenvalue weighted by atomic mass is 16.2. The van der Waals surface area contributed by atoms with E-state index in [4.69, 9.17) is 0 Å². The molecule has 0 fully saturated rings. The molecule has 0 radical (unpaired) electrons. The predicted molar refractivity (Wildman–Crippen MR) is 98.1 cm³/mol. The summed E-state index contributed by atoms with van der Waals surface area (Å²) >= 11 is 0. The van der Waals surface area contributed by atoms with Crippen LogP contribution in [0.3, 0.4) is 0 Å². The Morgan fingerprint density at radius 2 is 2.12 bits per heavy atom.